The Morgan fingerprint density at radius 2 is 1.50 bits per heavy atom. The smallest absolute Gasteiger partial charge is 0.187 e. The summed E-state index contributed by atoms with van der Waals surface area (Å²) < 4.78 is 23.2. The summed E-state index contributed by atoms with van der Waals surface area (Å²) in [5, 5.41) is 76.9. The normalized spacial score (nSPS) is 54.8. The van der Waals surface area contributed by atoms with E-state index in [-0.39, 0.29) is 30.9 Å². The summed E-state index contributed by atoms with van der Waals surface area (Å²) in [6.07, 6.45) is -13.5. The maximum atomic E-state index is 11.2. The summed E-state index contributed by atoms with van der Waals surface area (Å²) in [5.74, 6) is -0.290. The number of hydrogen-bond acceptors (Lipinski definition) is 14. The Hall–Kier alpha value is -0.560. The molecule has 12 N–H and O–H groups in total. The fourth-order valence-electron chi connectivity index (χ4n) is 6.54. The third-order valence-corrected chi connectivity index (χ3v) is 8.81. The van der Waals surface area contributed by atoms with Crippen molar-refractivity contribution in [2.75, 3.05) is 13.7 Å². The molecule has 14 nitrogen and oxygen atoms in total. The van der Waals surface area contributed by atoms with Crippen LogP contribution in [0.25, 0.3) is 0 Å². The molecule has 2 aliphatic carbocycles. The molecular weight excluding hydrogens is 506 g/mol. The predicted octanol–water partition coefficient (Wildman–Crippen LogP) is -4.55. The quantitative estimate of drug-likeness (QED) is 0.149. The zero-order valence-corrected chi connectivity index (χ0v) is 22.0. The van der Waals surface area contributed by atoms with Gasteiger partial charge >= 0.3 is 0 Å². The van der Waals surface area contributed by atoms with Crippen LogP contribution in [0.15, 0.2) is 0 Å². The minimum Gasteiger partial charge on any atom is -0.391 e. The predicted molar refractivity (Wildman–Crippen MR) is 130 cm³/mol. The van der Waals surface area contributed by atoms with Gasteiger partial charge in [-0.2, -0.15) is 0 Å². The first kappa shape index (κ1) is 30.4. The second-order valence-corrected chi connectivity index (χ2v) is 11.7. The van der Waals surface area contributed by atoms with E-state index in [1.54, 1.807) is 14.0 Å². The topological polar surface area (TPSA) is 243 Å². The lowest BCUT2D eigenvalue weighted by molar-refractivity contribution is -0.337. The van der Waals surface area contributed by atoms with Crippen molar-refractivity contribution in [2.24, 2.45) is 23.3 Å². The highest BCUT2D eigenvalue weighted by atomic mass is 16.7. The molecule has 0 radical (unpaired) electrons. The first-order valence-electron chi connectivity index (χ1n) is 13.3. The summed E-state index contributed by atoms with van der Waals surface area (Å²) in [4.78, 5) is 0. The highest BCUT2D eigenvalue weighted by Crippen LogP contribution is 2.43. The number of hydrogen-bond donors (Lipinski definition) is 10. The Morgan fingerprint density at radius 3 is 2.08 bits per heavy atom. The van der Waals surface area contributed by atoms with Gasteiger partial charge in [0.2, 0.25) is 0 Å². The fraction of sp³-hybridized carbons (Fsp3) is 1.00. The van der Waals surface area contributed by atoms with Crippen molar-refractivity contribution < 1.29 is 54.7 Å². The number of aliphatic hydroxyl groups excluding tert-OH is 6. The van der Waals surface area contributed by atoms with E-state index < -0.39 is 85.2 Å². The van der Waals surface area contributed by atoms with E-state index in [1.165, 1.54) is 6.92 Å². The second kappa shape index (κ2) is 11.7. The van der Waals surface area contributed by atoms with Gasteiger partial charge in [-0.3, -0.25) is 0 Å². The SMILES string of the molecule is CNC1CC2C(COC(OC3C(N)CC(N)C(OC4OC(C(C)O)C(O)C(O)C4O)C3O)C2O)CC1(C)O. The maximum absolute atomic E-state index is 11.2. The Morgan fingerprint density at radius 1 is 0.895 bits per heavy atom. The zero-order chi connectivity index (χ0) is 28.1. The molecule has 17 atom stereocenters. The van der Waals surface area contributed by atoms with E-state index in [0.717, 1.165) is 0 Å². The Labute approximate surface area is 221 Å². The zero-order valence-electron chi connectivity index (χ0n) is 22.0. The van der Waals surface area contributed by atoms with Crippen molar-refractivity contribution in [2.45, 2.75) is 124 Å². The highest BCUT2D eigenvalue weighted by molar-refractivity contribution is 5.03. The van der Waals surface area contributed by atoms with E-state index in [4.69, 9.17) is 30.4 Å². The molecule has 2 heterocycles. The molecule has 0 amide bonds. The molecular formula is C24H45N3O11. The van der Waals surface area contributed by atoms with Gasteiger partial charge in [-0.05, 0) is 52.0 Å². The van der Waals surface area contributed by atoms with Gasteiger partial charge in [-0.15, -0.1) is 0 Å². The molecule has 0 aromatic heterocycles. The fourth-order valence-corrected chi connectivity index (χ4v) is 6.54. The van der Waals surface area contributed by atoms with Crippen LogP contribution in [-0.4, -0.2) is 141 Å². The van der Waals surface area contributed by atoms with E-state index >= 15 is 0 Å². The Kier molecular flexibility index (Phi) is 9.39. The van der Waals surface area contributed by atoms with Crippen molar-refractivity contribution in [1.29, 1.82) is 0 Å². The van der Waals surface area contributed by atoms with Gasteiger partial charge < -0.3 is 71.5 Å². The third-order valence-electron chi connectivity index (χ3n) is 8.81. The first-order chi connectivity index (χ1) is 17.8. The number of fused-ring (bicyclic) bond motifs is 1. The molecule has 222 valence electrons. The van der Waals surface area contributed by atoms with Gasteiger partial charge in [0.1, 0.15) is 48.8 Å². The van der Waals surface area contributed by atoms with Crippen molar-refractivity contribution in [3.05, 3.63) is 0 Å². The molecule has 2 aliphatic heterocycles. The van der Waals surface area contributed by atoms with Crippen LogP contribution < -0.4 is 16.8 Å². The molecule has 0 bridgehead atoms. The summed E-state index contributed by atoms with van der Waals surface area (Å²) in [6, 6.07) is -1.76. The summed E-state index contributed by atoms with van der Waals surface area (Å²) in [5.41, 5.74) is 11.5. The van der Waals surface area contributed by atoms with Crippen LogP contribution in [0.1, 0.15) is 33.1 Å². The number of aliphatic hydroxyl groups is 7. The molecule has 0 aromatic rings. The van der Waals surface area contributed by atoms with Crippen LogP contribution in [0.2, 0.25) is 0 Å². The van der Waals surface area contributed by atoms with Gasteiger partial charge in [0.05, 0.1) is 18.3 Å². The number of ether oxygens (including phenoxy) is 4. The van der Waals surface area contributed by atoms with Crippen LogP contribution >= 0.6 is 0 Å². The van der Waals surface area contributed by atoms with Crippen molar-refractivity contribution in [3.8, 4) is 0 Å². The van der Waals surface area contributed by atoms with E-state index in [0.29, 0.717) is 12.8 Å². The first-order valence-corrected chi connectivity index (χ1v) is 13.3. The Bertz CT molecular complexity index is 794. The molecule has 38 heavy (non-hydrogen) atoms. The largest absolute Gasteiger partial charge is 0.391 e. The van der Waals surface area contributed by atoms with Gasteiger partial charge in [-0.25, -0.2) is 0 Å². The van der Waals surface area contributed by atoms with E-state index in [1.807, 2.05) is 0 Å². The number of nitrogens with two attached hydrogens (primary N) is 2. The molecule has 4 aliphatic rings. The van der Waals surface area contributed by atoms with E-state index in [2.05, 4.69) is 5.32 Å². The lowest BCUT2D eigenvalue weighted by Gasteiger charge is -2.51. The van der Waals surface area contributed by atoms with Crippen molar-refractivity contribution in [1.82, 2.24) is 5.32 Å². The monoisotopic (exact) mass is 551 g/mol. The molecule has 0 aromatic carbocycles. The van der Waals surface area contributed by atoms with Crippen molar-refractivity contribution >= 4 is 0 Å². The lowest BCUT2D eigenvalue weighted by Crippen LogP contribution is -2.67. The van der Waals surface area contributed by atoms with Gasteiger partial charge in [0.25, 0.3) is 0 Å². The van der Waals surface area contributed by atoms with Crippen LogP contribution in [0.5, 0.6) is 0 Å². The average Bonchev–Trinajstić information content (AvgIpc) is 2.84. The summed E-state index contributed by atoms with van der Waals surface area (Å²) in [6.45, 7) is 3.36. The van der Waals surface area contributed by atoms with Crippen LogP contribution in [0.4, 0.5) is 0 Å². The standard InChI is InChI=1S/C24H45N3O11/c1-8(28)19-16(31)15(30)17(32)23(36-19)38-21-12(26)5-11(25)20(18(21)33)37-22-14(29)10-4-13(27-3)24(2,34)6-9(10)7-35-22/h8-23,27-34H,4-7,25-26H2,1-3H3. The molecule has 4 rings (SSSR count). The van der Waals surface area contributed by atoms with Crippen LogP contribution in [0, 0.1) is 11.8 Å². The van der Waals surface area contributed by atoms with Gasteiger partial charge in [-0.1, -0.05) is 0 Å². The van der Waals surface area contributed by atoms with E-state index in [9.17, 15) is 35.7 Å². The summed E-state index contributed by atoms with van der Waals surface area (Å²) in [7, 11) is 1.76. The number of rotatable bonds is 6. The lowest BCUT2D eigenvalue weighted by atomic mass is 9.67. The molecule has 2 saturated heterocycles. The van der Waals surface area contributed by atoms with Crippen LogP contribution in [0.3, 0.4) is 0 Å². The molecule has 0 spiro atoms. The maximum Gasteiger partial charge on any atom is 0.187 e. The average molecular weight is 552 g/mol. The Balaban J connectivity index is 1.44. The van der Waals surface area contributed by atoms with Gasteiger partial charge in [0, 0.05) is 18.1 Å². The number of likely N-dealkylation sites (N-methyl/N-ethyl adjacent to an activating group) is 1. The number of nitrogens with one attached hydrogen (secondary N) is 1. The highest BCUT2D eigenvalue weighted by Gasteiger charge is 2.53. The van der Waals surface area contributed by atoms with Gasteiger partial charge in [0.15, 0.2) is 12.6 Å². The minimum atomic E-state index is -1.68. The third kappa shape index (κ3) is 5.76. The molecule has 17 unspecified atom stereocenters. The molecule has 14 heteroatoms. The second-order valence-electron chi connectivity index (χ2n) is 11.7. The molecule has 2 saturated carbocycles. The van der Waals surface area contributed by atoms with Crippen LogP contribution in [-0.2, 0) is 18.9 Å². The summed E-state index contributed by atoms with van der Waals surface area (Å²) >= 11 is 0. The minimum absolute atomic E-state index is 0.0764. The van der Waals surface area contributed by atoms with Crippen molar-refractivity contribution in [3.63, 3.8) is 0 Å². The molecule has 4 fully saturated rings.